The second-order valence-corrected chi connectivity index (χ2v) is 7.11. The molecule has 1 heterocycles. The summed E-state index contributed by atoms with van der Waals surface area (Å²) in [7, 11) is 3.10. The minimum Gasteiger partial charge on any atom is -0.493 e. The standard InChI is InChI=1S/C19H16N2O4S2/c1-24-14-9-8-12(10-15(14)25-2)11-16-18(23)21(19(26)27-16)20-17(22)13-6-4-3-5-7-13/h3-11H,1-2H3,(H,20,22). The minimum absolute atomic E-state index is 0.260. The highest BCUT2D eigenvalue weighted by Gasteiger charge is 2.33. The molecule has 27 heavy (non-hydrogen) atoms. The number of hydrogen-bond acceptors (Lipinski definition) is 6. The van der Waals surface area contributed by atoms with Gasteiger partial charge in [-0.2, -0.15) is 5.01 Å². The molecule has 0 aliphatic carbocycles. The van der Waals surface area contributed by atoms with E-state index >= 15 is 0 Å². The lowest BCUT2D eigenvalue weighted by Gasteiger charge is -2.15. The molecule has 0 saturated carbocycles. The Bertz CT molecular complexity index is 929. The van der Waals surface area contributed by atoms with Crippen molar-refractivity contribution in [3.05, 3.63) is 64.6 Å². The van der Waals surface area contributed by atoms with Crippen LogP contribution in [0.1, 0.15) is 15.9 Å². The number of carbonyl (C=O) groups is 2. The molecule has 1 aliphatic heterocycles. The van der Waals surface area contributed by atoms with Gasteiger partial charge in [-0.15, -0.1) is 0 Å². The van der Waals surface area contributed by atoms with Crippen LogP contribution >= 0.6 is 24.0 Å². The van der Waals surface area contributed by atoms with Gasteiger partial charge in [0.05, 0.1) is 19.1 Å². The number of nitrogens with zero attached hydrogens (tertiary/aromatic N) is 1. The predicted octanol–water partition coefficient (Wildman–Crippen LogP) is 3.25. The van der Waals surface area contributed by atoms with Crippen molar-refractivity contribution in [3.63, 3.8) is 0 Å². The van der Waals surface area contributed by atoms with Gasteiger partial charge in [-0.25, -0.2) is 0 Å². The van der Waals surface area contributed by atoms with Gasteiger partial charge in [-0.05, 0) is 48.1 Å². The smallest absolute Gasteiger partial charge is 0.285 e. The van der Waals surface area contributed by atoms with Crippen molar-refractivity contribution >= 4 is 46.2 Å². The van der Waals surface area contributed by atoms with Crippen LogP contribution in [-0.4, -0.2) is 35.4 Å². The van der Waals surface area contributed by atoms with Gasteiger partial charge in [0, 0.05) is 5.56 Å². The van der Waals surface area contributed by atoms with E-state index in [1.807, 2.05) is 6.07 Å². The van der Waals surface area contributed by atoms with E-state index in [2.05, 4.69) is 5.43 Å². The number of hydrogen-bond donors (Lipinski definition) is 1. The third kappa shape index (κ3) is 4.12. The normalized spacial score (nSPS) is 15.2. The highest BCUT2D eigenvalue weighted by atomic mass is 32.2. The molecule has 8 heteroatoms. The van der Waals surface area contributed by atoms with Crippen molar-refractivity contribution in [3.8, 4) is 11.5 Å². The third-order valence-electron chi connectivity index (χ3n) is 3.75. The van der Waals surface area contributed by atoms with Gasteiger partial charge < -0.3 is 9.47 Å². The Morgan fingerprint density at radius 1 is 1.11 bits per heavy atom. The van der Waals surface area contributed by atoms with E-state index in [1.165, 1.54) is 0 Å². The Morgan fingerprint density at radius 3 is 2.48 bits per heavy atom. The first-order valence-electron chi connectivity index (χ1n) is 7.89. The molecule has 3 rings (SSSR count). The molecular formula is C19H16N2O4S2. The van der Waals surface area contributed by atoms with E-state index in [9.17, 15) is 9.59 Å². The van der Waals surface area contributed by atoms with Crippen molar-refractivity contribution in [2.45, 2.75) is 0 Å². The van der Waals surface area contributed by atoms with Crippen molar-refractivity contribution < 1.29 is 19.1 Å². The van der Waals surface area contributed by atoms with Gasteiger partial charge in [0.1, 0.15) is 0 Å². The molecule has 0 atom stereocenters. The van der Waals surface area contributed by atoms with E-state index in [-0.39, 0.29) is 10.2 Å². The lowest BCUT2D eigenvalue weighted by atomic mass is 10.2. The van der Waals surface area contributed by atoms with Crippen LogP contribution in [0.15, 0.2) is 53.4 Å². The second kappa shape index (κ2) is 8.24. The monoisotopic (exact) mass is 400 g/mol. The summed E-state index contributed by atoms with van der Waals surface area (Å²) in [6, 6.07) is 13.9. The number of nitrogens with one attached hydrogen (secondary N) is 1. The first kappa shape index (κ1) is 18.9. The maximum Gasteiger partial charge on any atom is 0.285 e. The van der Waals surface area contributed by atoms with Gasteiger partial charge in [0.25, 0.3) is 11.8 Å². The summed E-state index contributed by atoms with van der Waals surface area (Å²) in [6.07, 6.45) is 1.69. The summed E-state index contributed by atoms with van der Waals surface area (Å²) in [6.45, 7) is 0. The maximum atomic E-state index is 12.6. The highest BCUT2D eigenvalue weighted by Crippen LogP contribution is 2.34. The molecule has 2 aromatic rings. The fourth-order valence-electron chi connectivity index (χ4n) is 2.41. The zero-order valence-corrected chi connectivity index (χ0v) is 16.2. The Kier molecular flexibility index (Phi) is 5.78. The lowest BCUT2D eigenvalue weighted by molar-refractivity contribution is -0.123. The Hall–Kier alpha value is -2.84. The number of benzene rings is 2. The second-order valence-electron chi connectivity index (χ2n) is 5.44. The fourth-order valence-corrected chi connectivity index (χ4v) is 3.59. The summed E-state index contributed by atoms with van der Waals surface area (Å²) in [5.41, 5.74) is 3.74. The van der Waals surface area contributed by atoms with Crippen LogP contribution in [-0.2, 0) is 4.79 Å². The number of rotatable bonds is 5. The zero-order chi connectivity index (χ0) is 19.4. The SMILES string of the molecule is COc1ccc(C=C2SC(=S)N(NC(=O)c3ccccc3)C2=O)cc1OC. The molecule has 1 aliphatic rings. The molecule has 6 nitrogen and oxygen atoms in total. The van der Waals surface area contributed by atoms with Gasteiger partial charge in [0.15, 0.2) is 15.8 Å². The summed E-state index contributed by atoms with van der Waals surface area (Å²) in [5, 5.41) is 1.09. The summed E-state index contributed by atoms with van der Waals surface area (Å²) in [4.78, 5) is 25.3. The number of thiocarbonyl (C=S) groups is 1. The molecule has 0 bridgehead atoms. The van der Waals surface area contributed by atoms with Crippen LogP contribution in [0.3, 0.4) is 0 Å². The Balaban J connectivity index is 1.79. The molecule has 2 aromatic carbocycles. The summed E-state index contributed by atoms with van der Waals surface area (Å²) >= 11 is 6.35. The van der Waals surface area contributed by atoms with Gasteiger partial charge >= 0.3 is 0 Å². The molecule has 2 amide bonds. The van der Waals surface area contributed by atoms with E-state index in [0.717, 1.165) is 22.3 Å². The molecule has 0 spiro atoms. The molecule has 1 saturated heterocycles. The largest absolute Gasteiger partial charge is 0.493 e. The van der Waals surface area contributed by atoms with Crippen LogP contribution in [0.5, 0.6) is 11.5 Å². The number of hydrazine groups is 1. The lowest BCUT2D eigenvalue weighted by Crippen LogP contribution is -2.44. The zero-order valence-electron chi connectivity index (χ0n) is 14.6. The highest BCUT2D eigenvalue weighted by molar-refractivity contribution is 8.26. The molecular weight excluding hydrogens is 384 g/mol. The van der Waals surface area contributed by atoms with E-state index in [0.29, 0.717) is 22.0 Å². The van der Waals surface area contributed by atoms with Crippen molar-refractivity contribution in [2.75, 3.05) is 14.2 Å². The van der Waals surface area contributed by atoms with Crippen LogP contribution in [0.25, 0.3) is 6.08 Å². The van der Waals surface area contributed by atoms with E-state index in [1.54, 1.807) is 62.8 Å². The molecule has 0 unspecified atom stereocenters. The van der Waals surface area contributed by atoms with E-state index < -0.39 is 5.91 Å². The van der Waals surface area contributed by atoms with Gasteiger partial charge in [0.2, 0.25) is 0 Å². The predicted molar refractivity (Wildman–Crippen MR) is 108 cm³/mol. The average molecular weight is 400 g/mol. The first-order valence-corrected chi connectivity index (χ1v) is 9.12. The number of thioether (sulfide) groups is 1. The topological polar surface area (TPSA) is 67.9 Å². The summed E-state index contributed by atoms with van der Waals surface area (Å²) in [5.74, 6) is 0.361. The number of carbonyl (C=O) groups excluding carboxylic acids is 2. The molecule has 138 valence electrons. The number of amides is 2. The fraction of sp³-hybridized carbons (Fsp3) is 0.105. The van der Waals surface area contributed by atoms with Gasteiger partial charge in [-0.3, -0.25) is 15.0 Å². The summed E-state index contributed by atoms with van der Waals surface area (Å²) < 4.78 is 10.7. The van der Waals surface area contributed by atoms with Crippen LogP contribution < -0.4 is 14.9 Å². The first-order chi connectivity index (χ1) is 13.0. The molecule has 1 N–H and O–H groups in total. The van der Waals surface area contributed by atoms with Crippen molar-refractivity contribution in [1.29, 1.82) is 0 Å². The Labute approximate surface area is 166 Å². The van der Waals surface area contributed by atoms with Crippen molar-refractivity contribution in [1.82, 2.24) is 10.4 Å². The van der Waals surface area contributed by atoms with Crippen molar-refractivity contribution in [2.24, 2.45) is 0 Å². The minimum atomic E-state index is -0.403. The molecule has 1 fully saturated rings. The number of methoxy groups -OCH3 is 2. The van der Waals surface area contributed by atoms with Crippen LogP contribution in [0.4, 0.5) is 0 Å². The maximum absolute atomic E-state index is 12.6. The quantitative estimate of drug-likeness (QED) is 0.614. The van der Waals surface area contributed by atoms with E-state index in [4.69, 9.17) is 21.7 Å². The molecule has 0 aromatic heterocycles. The third-order valence-corrected chi connectivity index (χ3v) is 5.05. The van der Waals surface area contributed by atoms with Crippen LogP contribution in [0.2, 0.25) is 0 Å². The van der Waals surface area contributed by atoms with Crippen LogP contribution in [0, 0.1) is 0 Å². The molecule has 0 radical (unpaired) electrons. The average Bonchev–Trinajstić information content (AvgIpc) is 2.95. The Morgan fingerprint density at radius 2 is 1.81 bits per heavy atom. The van der Waals surface area contributed by atoms with Gasteiger partial charge in [-0.1, -0.05) is 36.0 Å². The number of ether oxygens (including phenoxy) is 2.